The van der Waals surface area contributed by atoms with E-state index in [2.05, 4.69) is 21.1 Å². The van der Waals surface area contributed by atoms with Crippen LogP contribution in [-0.4, -0.2) is 72.8 Å². The van der Waals surface area contributed by atoms with Crippen molar-refractivity contribution in [2.75, 3.05) is 17.5 Å². The van der Waals surface area contributed by atoms with Crippen LogP contribution in [-0.2, 0) is 47.7 Å². The molecule has 2 aromatic carbocycles. The number of benzene rings is 2. The van der Waals surface area contributed by atoms with Crippen LogP contribution in [0.5, 0.6) is 0 Å². The SMILES string of the molecule is CC(=O)OCC(OC(C)=O)C(OC(C)=O)C(OC(C)=O)C(OC(C)=O)C(/C=N/Nc1ccccc1)=N/Nc1ccccc1. The molecular weight excluding hydrogens is 564 g/mol. The number of anilines is 2. The predicted molar refractivity (Wildman–Crippen MR) is 155 cm³/mol. The molecule has 4 unspecified atom stereocenters. The molecule has 0 aromatic heterocycles. The van der Waals surface area contributed by atoms with E-state index in [-0.39, 0.29) is 5.71 Å². The van der Waals surface area contributed by atoms with Gasteiger partial charge in [0.2, 0.25) is 0 Å². The Hall–Kier alpha value is -5.27. The van der Waals surface area contributed by atoms with Gasteiger partial charge in [-0.1, -0.05) is 36.4 Å². The van der Waals surface area contributed by atoms with Gasteiger partial charge in [0.25, 0.3) is 0 Å². The second kappa shape index (κ2) is 17.5. The van der Waals surface area contributed by atoms with E-state index in [1.54, 1.807) is 54.6 Å². The third-order valence-corrected chi connectivity index (χ3v) is 5.20. The van der Waals surface area contributed by atoms with E-state index in [0.29, 0.717) is 11.4 Å². The number of nitrogens with one attached hydrogen (secondary N) is 2. The molecule has 14 nitrogen and oxygen atoms in total. The molecule has 0 aliphatic heterocycles. The van der Waals surface area contributed by atoms with Crippen LogP contribution in [0.1, 0.15) is 34.6 Å². The number of hydrogen-bond donors (Lipinski definition) is 2. The Morgan fingerprint density at radius 2 is 1.14 bits per heavy atom. The summed E-state index contributed by atoms with van der Waals surface area (Å²) >= 11 is 0. The first-order valence-electron chi connectivity index (χ1n) is 13.0. The lowest BCUT2D eigenvalue weighted by molar-refractivity contribution is -0.197. The first kappa shape index (κ1) is 33.9. The lowest BCUT2D eigenvalue weighted by Crippen LogP contribution is -2.55. The molecule has 0 aliphatic rings. The van der Waals surface area contributed by atoms with Gasteiger partial charge in [-0.05, 0) is 24.3 Å². The number of rotatable bonds is 15. The van der Waals surface area contributed by atoms with Gasteiger partial charge in [-0.3, -0.25) is 34.8 Å². The standard InChI is InChI=1S/C29H34N4O10/c1-18(34)39-17-26(40-19(2)35)28(42-21(4)37)29(43-22(5)38)27(41-20(3)36)25(33-32-24-14-10-7-11-15-24)16-30-31-23-12-8-6-9-13-23/h6-16,26-29,31-32H,17H2,1-5H3/b30-16+,33-25+. The monoisotopic (exact) mass is 598 g/mol. The molecule has 0 radical (unpaired) electrons. The first-order valence-corrected chi connectivity index (χ1v) is 13.0. The maximum absolute atomic E-state index is 12.4. The van der Waals surface area contributed by atoms with Crippen molar-refractivity contribution in [3.8, 4) is 0 Å². The number of hydrazone groups is 2. The molecule has 2 N–H and O–H groups in total. The summed E-state index contributed by atoms with van der Waals surface area (Å²) in [7, 11) is 0. The zero-order valence-corrected chi connectivity index (χ0v) is 24.3. The van der Waals surface area contributed by atoms with Crippen LogP contribution in [0.15, 0.2) is 70.9 Å². The van der Waals surface area contributed by atoms with Gasteiger partial charge in [0.1, 0.15) is 12.3 Å². The fraction of sp³-hybridized carbons (Fsp3) is 0.345. The van der Waals surface area contributed by atoms with Crippen LogP contribution in [0.3, 0.4) is 0 Å². The Labute approximate surface area is 248 Å². The van der Waals surface area contributed by atoms with Crippen molar-refractivity contribution in [3.05, 3.63) is 60.7 Å². The van der Waals surface area contributed by atoms with Crippen molar-refractivity contribution in [1.29, 1.82) is 0 Å². The van der Waals surface area contributed by atoms with E-state index in [9.17, 15) is 24.0 Å². The van der Waals surface area contributed by atoms with Crippen molar-refractivity contribution >= 4 is 53.1 Å². The molecule has 14 heteroatoms. The fourth-order valence-electron chi connectivity index (χ4n) is 3.62. The molecule has 0 fully saturated rings. The van der Waals surface area contributed by atoms with Gasteiger partial charge in [0.05, 0.1) is 17.6 Å². The van der Waals surface area contributed by atoms with Gasteiger partial charge in [0.15, 0.2) is 24.4 Å². The molecule has 230 valence electrons. The van der Waals surface area contributed by atoms with Crippen LogP contribution < -0.4 is 10.9 Å². The first-order chi connectivity index (χ1) is 20.5. The Bertz CT molecular complexity index is 1300. The van der Waals surface area contributed by atoms with Gasteiger partial charge < -0.3 is 23.7 Å². The third kappa shape index (κ3) is 12.8. The Kier molecular flexibility index (Phi) is 13.8. The van der Waals surface area contributed by atoms with Gasteiger partial charge in [-0.25, -0.2) is 0 Å². The average molecular weight is 599 g/mol. The number of hydrogen-bond acceptors (Lipinski definition) is 14. The number of carbonyl (C=O) groups is 5. The number of ether oxygens (including phenoxy) is 5. The quantitative estimate of drug-likeness (QED) is 0.133. The highest BCUT2D eigenvalue weighted by atomic mass is 16.6. The van der Waals surface area contributed by atoms with Crippen LogP contribution in [0.25, 0.3) is 0 Å². The van der Waals surface area contributed by atoms with Crippen LogP contribution in [0.2, 0.25) is 0 Å². The van der Waals surface area contributed by atoms with Crippen molar-refractivity contribution in [2.24, 2.45) is 10.2 Å². The van der Waals surface area contributed by atoms with Gasteiger partial charge in [0, 0.05) is 34.6 Å². The Morgan fingerprint density at radius 1 is 0.651 bits per heavy atom. The van der Waals surface area contributed by atoms with Crippen LogP contribution >= 0.6 is 0 Å². The normalized spacial score (nSPS) is 13.9. The Morgan fingerprint density at radius 3 is 1.63 bits per heavy atom. The lowest BCUT2D eigenvalue weighted by atomic mass is 9.98. The van der Waals surface area contributed by atoms with Crippen LogP contribution in [0, 0.1) is 0 Å². The summed E-state index contributed by atoms with van der Waals surface area (Å²) in [5.74, 6) is -4.13. The van der Waals surface area contributed by atoms with E-state index < -0.39 is 60.9 Å². The zero-order chi connectivity index (χ0) is 31.8. The molecule has 0 heterocycles. The minimum Gasteiger partial charge on any atom is -0.462 e. The molecule has 0 aliphatic carbocycles. The molecule has 0 saturated heterocycles. The van der Waals surface area contributed by atoms with Crippen molar-refractivity contribution in [2.45, 2.75) is 59.0 Å². The summed E-state index contributed by atoms with van der Waals surface area (Å²) in [4.78, 5) is 60.5. The zero-order valence-electron chi connectivity index (χ0n) is 24.3. The van der Waals surface area contributed by atoms with Crippen molar-refractivity contribution < 1.29 is 47.7 Å². The maximum atomic E-state index is 12.4. The number of para-hydroxylation sites is 2. The summed E-state index contributed by atoms with van der Waals surface area (Å²) < 4.78 is 26.9. The van der Waals surface area contributed by atoms with E-state index in [1.807, 2.05) is 6.07 Å². The molecule has 43 heavy (non-hydrogen) atoms. The summed E-state index contributed by atoms with van der Waals surface area (Å²) in [6.07, 6.45) is -5.21. The second-order valence-electron chi connectivity index (χ2n) is 8.88. The van der Waals surface area contributed by atoms with E-state index in [4.69, 9.17) is 23.7 Å². The predicted octanol–water partition coefficient (Wildman–Crippen LogP) is 2.84. The van der Waals surface area contributed by atoms with Crippen LogP contribution in [0.4, 0.5) is 11.4 Å². The average Bonchev–Trinajstić information content (AvgIpc) is 2.94. The molecule has 0 bridgehead atoms. The summed E-state index contributed by atoms with van der Waals surface area (Å²) in [5, 5.41) is 8.51. The van der Waals surface area contributed by atoms with E-state index in [1.165, 1.54) is 6.21 Å². The topological polar surface area (TPSA) is 180 Å². The molecule has 4 atom stereocenters. The lowest BCUT2D eigenvalue weighted by Gasteiger charge is -2.35. The van der Waals surface area contributed by atoms with Crippen molar-refractivity contribution in [1.82, 2.24) is 0 Å². The fourth-order valence-corrected chi connectivity index (χ4v) is 3.62. The molecular formula is C29H34N4O10. The molecule has 0 saturated carbocycles. The minimum absolute atomic E-state index is 0.111. The molecule has 0 amide bonds. The van der Waals surface area contributed by atoms with Crippen molar-refractivity contribution in [3.63, 3.8) is 0 Å². The van der Waals surface area contributed by atoms with E-state index in [0.717, 1.165) is 34.6 Å². The largest absolute Gasteiger partial charge is 0.462 e. The number of nitrogens with zero attached hydrogens (tertiary/aromatic N) is 2. The molecule has 2 aromatic rings. The maximum Gasteiger partial charge on any atom is 0.303 e. The highest BCUT2D eigenvalue weighted by molar-refractivity contribution is 6.33. The molecule has 0 spiro atoms. The van der Waals surface area contributed by atoms with E-state index >= 15 is 0 Å². The highest BCUT2D eigenvalue weighted by Gasteiger charge is 2.45. The van der Waals surface area contributed by atoms with Gasteiger partial charge in [-0.15, -0.1) is 0 Å². The van der Waals surface area contributed by atoms with Gasteiger partial charge >= 0.3 is 29.8 Å². The van der Waals surface area contributed by atoms with Gasteiger partial charge in [-0.2, -0.15) is 10.2 Å². The second-order valence-corrected chi connectivity index (χ2v) is 8.88. The third-order valence-electron chi connectivity index (χ3n) is 5.20. The summed E-state index contributed by atoms with van der Waals surface area (Å²) in [6, 6.07) is 17.6. The number of esters is 5. The number of carbonyl (C=O) groups excluding carboxylic acids is 5. The minimum atomic E-state index is -1.68. The Balaban J connectivity index is 2.69. The molecule has 2 rings (SSSR count). The highest BCUT2D eigenvalue weighted by Crippen LogP contribution is 2.22. The summed E-state index contributed by atoms with van der Waals surface area (Å²) in [6.45, 7) is 4.84. The summed E-state index contributed by atoms with van der Waals surface area (Å²) in [5.41, 5.74) is 6.66. The smallest absolute Gasteiger partial charge is 0.303 e.